The molecule has 0 saturated carbocycles. The molecular weight excluding hydrogens is 226 g/mol. The first-order valence-electron chi connectivity index (χ1n) is 6.25. The number of methoxy groups -OCH3 is 2. The molecule has 102 valence electrons. The predicted molar refractivity (Wildman–Crippen MR) is 75.3 cm³/mol. The van der Waals surface area contributed by atoms with Crippen LogP contribution in [0.3, 0.4) is 0 Å². The topological polar surface area (TPSA) is 21.7 Å². The molecule has 0 amide bonds. The largest absolute Gasteiger partial charge is 0.493 e. The first kappa shape index (κ1) is 14.8. The van der Waals surface area contributed by atoms with Crippen LogP contribution in [0.2, 0.25) is 0 Å². The van der Waals surface area contributed by atoms with Gasteiger partial charge >= 0.3 is 0 Å². The molecule has 0 bridgehead atoms. The van der Waals surface area contributed by atoms with Crippen molar-refractivity contribution in [2.24, 2.45) is 5.41 Å². The summed E-state index contributed by atoms with van der Waals surface area (Å²) in [7, 11) is 5.46. The van der Waals surface area contributed by atoms with Gasteiger partial charge in [0.2, 0.25) is 0 Å². The van der Waals surface area contributed by atoms with E-state index in [1.54, 1.807) is 14.2 Å². The van der Waals surface area contributed by atoms with E-state index in [9.17, 15) is 0 Å². The fourth-order valence-electron chi connectivity index (χ4n) is 2.16. The van der Waals surface area contributed by atoms with Crippen LogP contribution in [0.5, 0.6) is 11.5 Å². The molecule has 0 saturated heterocycles. The Bertz CT molecular complexity index is 383. The predicted octanol–water partition coefficient (Wildman–Crippen LogP) is 3.18. The highest BCUT2D eigenvalue weighted by molar-refractivity contribution is 5.42. The van der Waals surface area contributed by atoms with E-state index in [0.29, 0.717) is 5.41 Å². The molecule has 0 atom stereocenters. The molecule has 0 fully saturated rings. The van der Waals surface area contributed by atoms with Crippen LogP contribution in [0, 0.1) is 5.41 Å². The lowest BCUT2D eigenvalue weighted by Gasteiger charge is -2.26. The number of hydrogen-bond acceptors (Lipinski definition) is 3. The van der Waals surface area contributed by atoms with Crippen molar-refractivity contribution in [2.45, 2.75) is 27.3 Å². The van der Waals surface area contributed by atoms with Gasteiger partial charge in [-0.1, -0.05) is 26.8 Å². The minimum Gasteiger partial charge on any atom is -0.493 e. The second-order valence-corrected chi connectivity index (χ2v) is 5.92. The third-order valence-electron chi connectivity index (χ3n) is 2.64. The maximum absolute atomic E-state index is 5.32. The van der Waals surface area contributed by atoms with Crippen molar-refractivity contribution in [2.75, 3.05) is 27.8 Å². The van der Waals surface area contributed by atoms with Crippen molar-refractivity contribution >= 4 is 0 Å². The minimum absolute atomic E-state index is 0.311. The second-order valence-electron chi connectivity index (χ2n) is 5.92. The summed E-state index contributed by atoms with van der Waals surface area (Å²) in [5.41, 5.74) is 1.55. The average molecular weight is 251 g/mol. The van der Waals surface area contributed by atoms with Crippen molar-refractivity contribution in [3.63, 3.8) is 0 Å². The van der Waals surface area contributed by atoms with Crippen molar-refractivity contribution in [3.8, 4) is 11.5 Å². The van der Waals surface area contributed by atoms with Gasteiger partial charge in [0.25, 0.3) is 0 Å². The molecule has 0 N–H and O–H groups in total. The van der Waals surface area contributed by atoms with Gasteiger partial charge in [0.1, 0.15) is 0 Å². The third kappa shape index (κ3) is 4.57. The molecule has 1 aromatic carbocycles. The van der Waals surface area contributed by atoms with E-state index < -0.39 is 0 Å². The maximum atomic E-state index is 5.32. The van der Waals surface area contributed by atoms with Crippen LogP contribution in [-0.4, -0.2) is 32.7 Å². The lowest BCUT2D eigenvalue weighted by molar-refractivity contribution is 0.220. The molecule has 3 nitrogen and oxygen atoms in total. The Labute approximate surface area is 111 Å². The van der Waals surface area contributed by atoms with Crippen LogP contribution >= 0.6 is 0 Å². The number of nitrogens with zero attached hydrogens (tertiary/aromatic N) is 1. The van der Waals surface area contributed by atoms with Crippen LogP contribution in [0.25, 0.3) is 0 Å². The molecule has 0 radical (unpaired) electrons. The summed E-state index contributed by atoms with van der Waals surface area (Å²) in [6.45, 7) is 8.72. The summed E-state index contributed by atoms with van der Waals surface area (Å²) in [6, 6.07) is 6.08. The van der Waals surface area contributed by atoms with Crippen molar-refractivity contribution < 1.29 is 9.47 Å². The normalized spacial score (nSPS) is 11.7. The molecule has 1 rings (SSSR count). The molecular formula is C15H25NO2. The molecule has 0 aliphatic carbocycles. The molecule has 0 aliphatic heterocycles. The van der Waals surface area contributed by atoms with Gasteiger partial charge in [0.05, 0.1) is 14.2 Å². The molecule has 0 aliphatic rings. The van der Waals surface area contributed by atoms with Crippen molar-refractivity contribution in [1.29, 1.82) is 0 Å². The van der Waals surface area contributed by atoms with Crippen LogP contribution in [0.1, 0.15) is 26.3 Å². The Morgan fingerprint density at radius 2 is 1.67 bits per heavy atom. The summed E-state index contributed by atoms with van der Waals surface area (Å²) >= 11 is 0. The Kier molecular flexibility index (Phi) is 5.03. The van der Waals surface area contributed by atoms with Crippen molar-refractivity contribution in [1.82, 2.24) is 4.90 Å². The maximum Gasteiger partial charge on any atom is 0.161 e. The first-order chi connectivity index (χ1) is 8.35. The number of rotatable bonds is 5. The number of hydrogen-bond donors (Lipinski definition) is 0. The summed E-state index contributed by atoms with van der Waals surface area (Å²) < 4.78 is 10.6. The molecule has 3 heteroatoms. The van der Waals surface area contributed by atoms with E-state index in [4.69, 9.17) is 9.47 Å². The highest BCUT2D eigenvalue weighted by Gasteiger charge is 2.14. The Hall–Kier alpha value is -1.22. The Morgan fingerprint density at radius 3 is 2.17 bits per heavy atom. The molecule has 0 heterocycles. The zero-order valence-corrected chi connectivity index (χ0v) is 12.4. The van der Waals surface area contributed by atoms with E-state index in [2.05, 4.69) is 38.8 Å². The first-order valence-corrected chi connectivity index (χ1v) is 6.25. The zero-order valence-electron chi connectivity index (χ0n) is 12.4. The van der Waals surface area contributed by atoms with Gasteiger partial charge in [0.15, 0.2) is 11.5 Å². The third-order valence-corrected chi connectivity index (χ3v) is 2.64. The fourth-order valence-corrected chi connectivity index (χ4v) is 2.16. The van der Waals surface area contributed by atoms with E-state index in [0.717, 1.165) is 24.6 Å². The second kappa shape index (κ2) is 6.10. The van der Waals surface area contributed by atoms with Gasteiger partial charge in [-0.2, -0.15) is 0 Å². The highest BCUT2D eigenvalue weighted by Crippen LogP contribution is 2.28. The minimum atomic E-state index is 0.311. The van der Waals surface area contributed by atoms with E-state index in [1.807, 2.05) is 12.1 Å². The van der Waals surface area contributed by atoms with Crippen LogP contribution in [0.15, 0.2) is 18.2 Å². The van der Waals surface area contributed by atoms with Crippen LogP contribution < -0.4 is 9.47 Å². The zero-order chi connectivity index (χ0) is 13.8. The number of benzene rings is 1. The highest BCUT2D eigenvalue weighted by atomic mass is 16.5. The molecule has 0 aromatic heterocycles. The summed E-state index contributed by atoms with van der Waals surface area (Å²) in [5, 5.41) is 0. The molecule has 18 heavy (non-hydrogen) atoms. The van der Waals surface area contributed by atoms with Gasteiger partial charge in [-0.3, -0.25) is 0 Å². The lowest BCUT2D eigenvalue weighted by Crippen LogP contribution is -2.28. The summed E-state index contributed by atoms with van der Waals surface area (Å²) in [4.78, 5) is 2.32. The molecule has 0 spiro atoms. The SMILES string of the molecule is COc1ccc(CN(C)CC(C)(C)C)cc1OC. The summed E-state index contributed by atoms with van der Waals surface area (Å²) in [6.07, 6.45) is 0. The monoisotopic (exact) mass is 251 g/mol. The van der Waals surface area contributed by atoms with E-state index in [-0.39, 0.29) is 0 Å². The standard InChI is InChI=1S/C15H25NO2/c1-15(2,3)11-16(4)10-12-7-8-13(17-5)14(9-12)18-6/h7-9H,10-11H2,1-6H3. The van der Waals surface area contributed by atoms with Crippen LogP contribution in [-0.2, 0) is 6.54 Å². The average Bonchev–Trinajstić information content (AvgIpc) is 2.26. The fraction of sp³-hybridized carbons (Fsp3) is 0.600. The van der Waals surface area contributed by atoms with Gasteiger partial charge < -0.3 is 14.4 Å². The molecule has 0 unspecified atom stereocenters. The van der Waals surface area contributed by atoms with Gasteiger partial charge in [0, 0.05) is 13.1 Å². The Balaban J connectivity index is 2.73. The molecule has 1 aromatic rings. The smallest absolute Gasteiger partial charge is 0.161 e. The van der Waals surface area contributed by atoms with Gasteiger partial charge in [-0.15, -0.1) is 0 Å². The van der Waals surface area contributed by atoms with Crippen molar-refractivity contribution in [3.05, 3.63) is 23.8 Å². The van der Waals surface area contributed by atoms with Crippen LogP contribution in [0.4, 0.5) is 0 Å². The number of ether oxygens (including phenoxy) is 2. The van der Waals surface area contributed by atoms with Gasteiger partial charge in [-0.25, -0.2) is 0 Å². The Morgan fingerprint density at radius 1 is 1.06 bits per heavy atom. The quantitative estimate of drug-likeness (QED) is 0.802. The van der Waals surface area contributed by atoms with E-state index >= 15 is 0 Å². The lowest BCUT2D eigenvalue weighted by atomic mass is 9.96. The van der Waals surface area contributed by atoms with Gasteiger partial charge in [-0.05, 0) is 30.2 Å². The summed E-state index contributed by atoms with van der Waals surface area (Å²) in [5.74, 6) is 1.57. The van der Waals surface area contributed by atoms with E-state index in [1.165, 1.54) is 5.56 Å².